The first kappa shape index (κ1) is 16.6. The second kappa shape index (κ2) is 7.47. The van der Waals surface area contributed by atoms with Crippen molar-refractivity contribution in [3.8, 4) is 11.5 Å². The molecule has 0 amide bonds. The van der Waals surface area contributed by atoms with Crippen LogP contribution in [0.4, 0.5) is 0 Å². The summed E-state index contributed by atoms with van der Waals surface area (Å²) in [6, 6.07) is 4.58. The molecule has 0 saturated heterocycles. The summed E-state index contributed by atoms with van der Waals surface area (Å²) in [6.45, 7) is 6.65. The summed E-state index contributed by atoms with van der Waals surface area (Å²) in [5.74, 6) is 2.36. The largest absolute Gasteiger partial charge is 0.454 e. The van der Waals surface area contributed by atoms with Gasteiger partial charge in [-0.1, -0.05) is 29.8 Å². The molecule has 1 heterocycles. The Morgan fingerprint density at radius 1 is 1.24 bits per heavy atom. The van der Waals surface area contributed by atoms with E-state index in [1.54, 1.807) is 0 Å². The molecule has 1 atom stereocenters. The van der Waals surface area contributed by atoms with Gasteiger partial charge in [0, 0.05) is 23.6 Å². The molecule has 0 bridgehead atoms. The third kappa shape index (κ3) is 4.59. The average Bonchev–Trinajstić information content (AvgIpc) is 2.84. The number of nitrogens with zero attached hydrogens (tertiary/aromatic N) is 1. The highest BCUT2D eigenvalue weighted by Crippen LogP contribution is 2.36. The van der Waals surface area contributed by atoms with Crippen molar-refractivity contribution in [1.29, 1.82) is 0 Å². The lowest BCUT2D eigenvalue weighted by Gasteiger charge is -2.26. The first-order valence-electron chi connectivity index (χ1n) is 7.42. The van der Waals surface area contributed by atoms with E-state index in [4.69, 9.17) is 9.47 Å². The minimum Gasteiger partial charge on any atom is -0.454 e. The lowest BCUT2D eigenvalue weighted by atomic mass is 10.0. The van der Waals surface area contributed by atoms with Crippen molar-refractivity contribution in [1.82, 2.24) is 10.2 Å². The fourth-order valence-corrected chi connectivity index (χ4v) is 2.95. The molecule has 0 spiro atoms. The topological polar surface area (TPSA) is 33.7 Å². The zero-order chi connectivity index (χ0) is 15.4. The molecule has 1 aromatic rings. The number of halogens is 1. The Balaban J connectivity index is 1.91. The van der Waals surface area contributed by atoms with E-state index in [1.165, 1.54) is 12.0 Å². The molecule has 1 N–H and O–H groups in total. The van der Waals surface area contributed by atoms with Crippen LogP contribution in [0.2, 0.25) is 0 Å². The van der Waals surface area contributed by atoms with Gasteiger partial charge in [0.15, 0.2) is 11.5 Å². The Labute approximate surface area is 135 Å². The Morgan fingerprint density at radius 3 is 2.52 bits per heavy atom. The summed E-state index contributed by atoms with van der Waals surface area (Å²) < 4.78 is 11.9. The minimum absolute atomic E-state index is 0.315. The van der Waals surface area contributed by atoms with Gasteiger partial charge in [-0.3, -0.25) is 0 Å². The molecule has 0 aliphatic carbocycles. The van der Waals surface area contributed by atoms with Crippen LogP contribution in [-0.4, -0.2) is 38.4 Å². The van der Waals surface area contributed by atoms with E-state index in [1.807, 2.05) is 12.1 Å². The van der Waals surface area contributed by atoms with Crippen molar-refractivity contribution in [2.24, 2.45) is 5.92 Å². The van der Waals surface area contributed by atoms with E-state index in [9.17, 15) is 0 Å². The number of likely N-dealkylation sites (N-methyl/N-ethyl adjacent to an activating group) is 1. The van der Waals surface area contributed by atoms with Gasteiger partial charge in [0.2, 0.25) is 6.79 Å². The molecule has 1 aliphatic rings. The molecule has 21 heavy (non-hydrogen) atoms. The first-order valence-corrected chi connectivity index (χ1v) is 8.22. The highest BCUT2D eigenvalue weighted by molar-refractivity contribution is 9.10. The quantitative estimate of drug-likeness (QED) is 0.812. The van der Waals surface area contributed by atoms with Gasteiger partial charge in [0.05, 0.1) is 0 Å². The molecule has 1 aromatic carbocycles. The predicted molar refractivity (Wildman–Crippen MR) is 88.9 cm³/mol. The molecule has 0 aromatic heterocycles. The van der Waals surface area contributed by atoms with Crippen LogP contribution in [0.3, 0.4) is 0 Å². The molecule has 4 nitrogen and oxygen atoms in total. The number of ether oxygens (including phenoxy) is 2. The summed E-state index contributed by atoms with van der Waals surface area (Å²) in [7, 11) is 4.29. The molecule has 1 unspecified atom stereocenters. The summed E-state index contributed by atoms with van der Waals surface area (Å²) in [4.78, 5) is 2.29. The fraction of sp³-hybridized carbons (Fsp3) is 0.625. The van der Waals surface area contributed by atoms with E-state index in [0.717, 1.165) is 29.1 Å². The molecular weight excluding hydrogens is 332 g/mol. The second-order valence-electron chi connectivity index (χ2n) is 6.17. The normalized spacial score (nSPS) is 15.0. The molecule has 2 rings (SSSR count). The predicted octanol–water partition coefficient (Wildman–Crippen LogP) is 3.24. The van der Waals surface area contributed by atoms with Crippen LogP contribution in [0.5, 0.6) is 11.5 Å². The minimum atomic E-state index is 0.315. The molecular formula is C16H25BrN2O2. The number of nitrogens with one attached hydrogen (secondary N) is 1. The van der Waals surface area contributed by atoms with Crippen LogP contribution in [-0.2, 0) is 6.54 Å². The maximum Gasteiger partial charge on any atom is 0.231 e. The average molecular weight is 357 g/mol. The maximum absolute atomic E-state index is 5.43. The summed E-state index contributed by atoms with van der Waals surface area (Å²) >= 11 is 3.60. The smallest absolute Gasteiger partial charge is 0.231 e. The molecule has 1 aliphatic heterocycles. The van der Waals surface area contributed by atoms with Gasteiger partial charge in [-0.15, -0.1) is 0 Å². The van der Waals surface area contributed by atoms with E-state index in [-0.39, 0.29) is 0 Å². The van der Waals surface area contributed by atoms with Crippen LogP contribution in [0.15, 0.2) is 16.6 Å². The highest BCUT2D eigenvalue weighted by Gasteiger charge is 2.17. The Hall–Kier alpha value is -0.780. The zero-order valence-electron chi connectivity index (χ0n) is 13.3. The van der Waals surface area contributed by atoms with Gasteiger partial charge in [0.1, 0.15) is 0 Å². The van der Waals surface area contributed by atoms with Gasteiger partial charge >= 0.3 is 0 Å². The number of hydrogen-bond acceptors (Lipinski definition) is 4. The third-order valence-corrected chi connectivity index (χ3v) is 4.45. The summed E-state index contributed by atoms with van der Waals surface area (Å²) in [6.07, 6.45) is 1.20. The number of hydrogen-bond donors (Lipinski definition) is 1. The molecule has 0 fully saturated rings. The zero-order valence-corrected chi connectivity index (χ0v) is 14.9. The van der Waals surface area contributed by atoms with Crippen molar-refractivity contribution in [3.63, 3.8) is 0 Å². The maximum atomic E-state index is 5.43. The van der Waals surface area contributed by atoms with Gasteiger partial charge in [-0.2, -0.15) is 0 Å². The number of fused-ring (bicyclic) bond motifs is 1. The fourth-order valence-electron chi connectivity index (χ4n) is 2.49. The Kier molecular flexibility index (Phi) is 5.90. The van der Waals surface area contributed by atoms with Crippen molar-refractivity contribution >= 4 is 15.9 Å². The molecule has 118 valence electrons. The van der Waals surface area contributed by atoms with E-state index in [2.05, 4.69) is 54.1 Å². The summed E-state index contributed by atoms with van der Waals surface area (Å²) in [5, 5.41) is 3.55. The summed E-state index contributed by atoms with van der Waals surface area (Å²) in [5.41, 5.74) is 1.20. The van der Waals surface area contributed by atoms with E-state index < -0.39 is 0 Å². The van der Waals surface area contributed by atoms with E-state index >= 15 is 0 Å². The highest BCUT2D eigenvalue weighted by atomic mass is 79.9. The molecule has 0 saturated carbocycles. The van der Waals surface area contributed by atoms with Crippen molar-refractivity contribution in [3.05, 3.63) is 22.2 Å². The first-order chi connectivity index (χ1) is 9.97. The third-order valence-electron chi connectivity index (χ3n) is 3.71. The lowest BCUT2D eigenvalue weighted by molar-refractivity contribution is 0.174. The lowest BCUT2D eigenvalue weighted by Crippen LogP contribution is -2.38. The Morgan fingerprint density at radius 2 is 1.90 bits per heavy atom. The van der Waals surface area contributed by atoms with Gasteiger partial charge in [-0.05, 0) is 44.1 Å². The molecule has 0 radical (unpaired) electrons. The standard InChI is InChI=1S/C16H25BrN2O2/c1-11(2)5-13(19(3)4)9-18-8-12-6-15-16(7-14(12)17)21-10-20-15/h6-7,11,13,18H,5,8-10H2,1-4H3. The van der Waals surface area contributed by atoms with Gasteiger partial charge in [-0.25, -0.2) is 0 Å². The Bertz CT molecular complexity index is 478. The van der Waals surface area contributed by atoms with E-state index in [0.29, 0.717) is 18.8 Å². The van der Waals surface area contributed by atoms with Crippen LogP contribution < -0.4 is 14.8 Å². The van der Waals surface area contributed by atoms with Crippen molar-refractivity contribution in [2.45, 2.75) is 32.9 Å². The van der Waals surface area contributed by atoms with Crippen LogP contribution >= 0.6 is 15.9 Å². The van der Waals surface area contributed by atoms with Crippen LogP contribution in [0.25, 0.3) is 0 Å². The van der Waals surface area contributed by atoms with Crippen molar-refractivity contribution in [2.75, 3.05) is 27.4 Å². The van der Waals surface area contributed by atoms with Gasteiger partial charge < -0.3 is 19.7 Å². The van der Waals surface area contributed by atoms with Crippen molar-refractivity contribution < 1.29 is 9.47 Å². The van der Waals surface area contributed by atoms with Crippen LogP contribution in [0.1, 0.15) is 25.8 Å². The number of benzene rings is 1. The molecule has 5 heteroatoms. The monoisotopic (exact) mass is 356 g/mol. The second-order valence-corrected chi connectivity index (χ2v) is 7.03. The van der Waals surface area contributed by atoms with Crippen LogP contribution in [0, 0.1) is 5.92 Å². The van der Waals surface area contributed by atoms with Gasteiger partial charge in [0.25, 0.3) is 0 Å². The SMILES string of the molecule is CC(C)CC(CNCc1cc2c(cc1Br)OCO2)N(C)C. The number of rotatable bonds is 7.